The molecule has 0 bridgehead atoms. The van der Waals surface area contributed by atoms with Crippen LogP contribution in [0.2, 0.25) is 0 Å². The van der Waals surface area contributed by atoms with E-state index < -0.39 is 14.8 Å². The molecule has 86 valence electrons. The lowest BCUT2D eigenvalue weighted by Crippen LogP contribution is -2.45. The van der Waals surface area contributed by atoms with Crippen molar-refractivity contribution < 1.29 is 8.42 Å². The Balaban J connectivity index is 4.64. The fourth-order valence-electron chi connectivity index (χ4n) is 1.40. The maximum absolute atomic E-state index is 11.9. The summed E-state index contributed by atoms with van der Waals surface area (Å²) in [5.41, 5.74) is 5.27. The highest BCUT2D eigenvalue weighted by atomic mass is 32.2. The van der Waals surface area contributed by atoms with Crippen molar-refractivity contribution in [3.63, 3.8) is 0 Å². The first-order valence-corrected chi connectivity index (χ1v) is 6.61. The van der Waals surface area contributed by atoms with Gasteiger partial charge in [-0.2, -0.15) is 0 Å². The minimum atomic E-state index is -3.23. The molecule has 0 saturated heterocycles. The van der Waals surface area contributed by atoms with E-state index in [2.05, 4.69) is 4.72 Å². The van der Waals surface area contributed by atoms with Crippen LogP contribution >= 0.6 is 0 Å². The summed E-state index contributed by atoms with van der Waals surface area (Å²) in [4.78, 5) is 0. The van der Waals surface area contributed by atoms with Gasteiger partial charge in [0.25, 0.3) is 0 Å². The highest BCUT2D eigenvalue weighted by Gasteiger charge is 2.35. The second kappa shape index (κ2) is 5.68. The molecule has 0 radical (unpaired) electrons. The number of nitrogens with one attached hydrogen (secondary N) is 1. The van der Waals surface area contributed by atoms with Crippen molar-refractivity contribution in [3.8, 4) is 0 Å². The van der Waals surface area contributed by atoms with E-state index in [4.69, 9.17) is 5.73 Å². The van der Waals surface area contributed by atoms with E-state index in [1.807, 2.05) is 13.8 Å². The average molecular weight is 222 g/mol. The number of nitrogens with two attached hydrogens (primary N) is 1. The summed E-state index contributed by atoms with van der Waals surface area (Å²) in [5.74, 6) is 0. The SMILES string of the molecule is CCCC(C)(CC)S(=O)(=O)NCCN. The van der Waals surface area contributed by atoms with E-state index in [-0.39, 0.29) is 0 Å². The van der Waals surface area contributed by atoms with Gasteiger partial charge in [-0.25, -0.2) is 13.1 Å². The smallest absolute Gasteiger partial charge is 0.217 e. The van der Waals surface area contributed by atoms with Gasteiger partial charge in [0, 0.05) is 13.1 Å². The molecule has 4 nitrogen and oxygen atoms in total. The summed E-state index contributed by atoms with van der Waals surface area (Å²) in [6.07, 6.45) is 2.18. The molecular formula is C9H22N2O2S. The Labute approximate surface area is 87.3 Å². The van der Waals surface area contributed by atoms with Crippen molar-refractivity contribution in [1.82, 2.24) is 4.72 Å². The monoisotopic (exact) mass is 222 g/mol. The van der Waals surface area contributed by atoms with Crippen LogP contribution in [0.5, 0.6) is 0 Å². The largest absolute Gasteiger partial charge is 0.329 e. The zero-order valence-corrected chi connectivity index (χ0v) is 10.2. The maximum Gasteiger partial charge on any atom is 0.217 e. The van der Waals surface area contributed by atoms with E-state index in [0.29, 0.717) is 25.9 Å². The summed E-state index contributed by atoms with van der Waals surface area (Å²) in [6, 6.07) is 0. The molecule has 0 aromatic heterocycles. The third kappa shape index (κ3) is 3.22. The van der Waals surface area contributed by atoms with Gasteiger partial charge in [0.05, 0.1) is 4.75 Å². The quantitative estimate of drug-likeness (QED) is 0.670. The third-order valence-electron chi connectivity index (χ3n) is 2.61. The molecule has 0 aliphatic rings. The van der Waals surface area contributed by atoms with Crippen LogP contribution in [0.3, 0.4) is 0 Å². The first kappa shape index (κ1) is 13.9. The zero-order chi connectivity index (χ0) is 11.2. The minimum Gasteiger partial charge on any atom is -0.329 e. The van der Waals surface area contributed by atoms with E-state index in [0.717, 1.165) is 6.42 Å². The van der Waals surface area contributed by atoms with Gasteiger partial charge in [-0.3, -0.25) is 0 Å². The van der Waals surface area contributed by atoms with Crippen LogP contribution in [0, 0.1) is 0 Å². The molecule has 0 aliphatic carbocycles. The van der Waals surface area contributed by atoms with Crippen LogP contribution in [0.1, 0.15) is 40.0 Å². The lowest BCUT2D eigenvalue weighted by molar-refractivity contribution is 0.479. The molecule has 0 amide bonds. The molecule has 0 rings (SSSR count). The standard InChI is InChI=1S/C9H22N2O2S/c1-4-6-9(3,5-2)14(12,13)11-8-7-10/h11H,4-8,10H2,1-3H3. The first-order valence-electron chi connectivity index (χ1n) is 5.12. The highest BCUT2D eigenvalue weighted by Crippen LogP contribution is 2.25. The Morgan fingerprint density at radius 2 is 1.93 bits per heavy atom. The summed E-state index contributed by atoms with van der Waals surface area (Å²) in [6.45, 7) is 6.34. The Hall–Kier alpha value is -0.130. The third-order valence-corrected chi connectivity index (χ3v) is 4.99. The van der Waals surface area contributed by atoms with Crippen LogP contribution in [0.25, 0.3) is 0 Å². The Kier molecular flexibility index (Phi) is 5.63. The number of hydrogen-bond donors (Lipinski definition) is 2. The molecule has 1 unspecified atom stereocenters. The molecule has 14 heavy (non-hydrogen) atoms. The second-order valence-electron chi connectivity index (χ2n) is 3.74. The fraction of sp³-hybridized carbons (Fsp3) is 1.00. The molecule has 0 aromatic rings. The van der Waals surface area contributed by atoms with Crippen molar-refractivity contribution in [2.24, 2.45) is 5.73 Å². The molecule has 0 spiro atoms. The van der Waals surface area contributed by atoms with E-state index in [1.54, 1.807) is 6.92 Å². The topological polar surface area (TPSA) is 72.2 Å². The summed E-state index contributed by atoms with van der Waals surface area (Å²) in [7, 11) is -3.23. The normalized spacial score (nSPS) is 16.6. The van der Waals surface area contributed by atoms with Gasteiger partial charge in [0.2, 0.25) is 10.0 Å². The minimum absolute atomic E-state index is 0.321. The number of sulfonamides is 1. The summed E-state index contributed by atoms with van der Waals surface area (Å²) < 4.78 is 25.6. The maximum atomic E-state index is 11.9. The number of rotatable bonds is 7. The van der Waals surface area contributed by atoms with Gasteiger partial charge < -0.3 is 5.73 Å². The van der Waals surface area contributed by atoms with Gasteiger partial charge in [-0.15, -0.1) is 0 Å². The Morgan fingerprint density at radius 1 is 1.36 bits per heavy atom. The van der Waals surface area contributed by atoms with Gasteiger partial charge in [0.15, 0.2) is 0 Å². The molecule has 0 saturated carbocycles. The van der Waals surface area contributed by atoms with Crippen molar-refractivity contribution in [2.45, 2.75) is 44.8 Å². The molecule has 1 atom stereocenters. The molecule has 5 heteroatoms. The Morgan fingerprint density at radius 3 is 2.29 bits per heavy atom. The fourth-order valence-corrected chi connectivity index (χ4v) is 2.99. The van der Waals surface area contributed by atoms with Crippen LogP contribution in [-0.2, 0) is 10.0 Å². The molecule has 0 aromatic carbocycles. The predicted octanol–water partition coefficient (Wildman–Crippen LogP) is 0.833. The second-order valence-corrected chi connectivity index (χ2v) is 6.02. The van der Waals surface area contributed by atoms with Crippen LogP contribution in [0.15, 0.2) is 0 Å². The van der Waals surface area contributed by atoms with E-state index in [1.165, 1.54) is 0 Å². The van der Waals surface area contributed by atoms with Gasteiger partial charge in [0.1, 0.15) is 0 Å². The molecule has 3 N–H and O–H groups in total. The molecular weight excluding hydrogens is 200 g/mol. The highest BCUT2D eigenvalue weighted by molar-refractivity contribution is 7.90. The zero-order valence-electron chi connectivity index (χ0n) is 9.34. The molecule has 0 fully saturated rings. The Bertz CT molecular complexity index is 252. The molecule has 0 heterocycles. The van der Waals surface area contributed by atoms with E-state index in [9.17, 15) is 8.42 Å². The van der Waals surface area contributed by atoms with Gasteiger partial charge in [-0.1, -0.05) is 20.3 Å². The van der Waals surface area contributed by atoms with Crippen LogP contribution in [0.4, 0.5) is 0 Å². The van der Waals surface area contributed by atoms with Crippen molar-refractivity contribution >= 4 is 10.0 Å². The van der Waals surface area contributed by atoms with Gasteiger partial charge >= 0.3 is 0 Å². The lowest BCUT2D eigenvalue weighted by Gasteiger charge is -2.27. The van der Waals surface area contributed by atoms with E-state index >= 15 is 0 Å². The van der Waals surface area contributed by atoms with Crippen molar-refractivity contribution in [3.05, 3.63) is 0 Å². The lowest BCUT2D eigenvalue weighted by atomic mass is 10.0. The predicted molar refractivity (Wildman–Crippen MR) is 59.6 cm³/mol. The summed E-state index contributed by atoms with van der Waals surface area (Å²) in [5, 5.41) is 0. The van der Waals surface area contributed by atoms with Crippen molar-refractivity contribution in [2.75, 3.05) is 13.1 Å². The average Bonchev–Trinajstić information content (AvgIpc) is 2.14. The van der Waals surface area contributed by atoms with Crippen molar-refractivity contribution in [1.29, 1.82) is 0 Å². The van der Waals surface area contributed by atoms with Crippen LogP contribution < -0.4 is 10.5 Å². The van der Waals surface area contributed by atoms with Gasteiger partial charge in [-0.05, 0) is 19.8 Å². The van der Waals surface area contributed by atoms with Crippen LogP contribution in [-0.4, -0.2) is 26.3 Å². The first-order chi connectivity index (χ1) is 6.43. The summed E-state index contributed by atoms with van der Waals surface area (Å²) >= 11 is 0. The number of hydrogen-bond acceptors (Lipinski definition) is 3. The molecule has 0 aliphatic heterocycles.